The number of hydrogen-bond acceptors (Lipinski definition) is 15. The molecule has 0 heterocycles. The van der Waals surface area contributed by atoms with Gasteiger partial charge in [-0.15, -0.1) is 0 Å². The fraction of sp³-hybridized carbons (Fsp3) is 0.940. The molecule has 0 rings (SSSR count). The molecule has 0 radical (unpaired) electrons. The summed E-state index contributed by atoms with van der Waals surface area (Å²) in [5, 5.41) is 10.5. The van der Waals surface area contributed by atoms with Gasteiger partial charge in [0.05, 0.1) is 26.4 Å². The zero-order valence-electron chi connectivity index (χ0n) is 55.6. The molecule has 0 spiro atoms. The van der Waals surface area contributed by atoms with Gasteiger partial charge in [0.15, 0.2) is 12.2 Å². The molecule has 0 aliphatic carbocycles. The Hall–Kier alpha value is -1.94. The molecule has 0 aliphatic rings. The summed E-state index contributed by atoms with van der Waals surface area (Å²) in [6.45, 7) is 9.42. The number of esters is 4. The predicted molar refractivity (Wildman–Crippen MR) is 345 cm³/mol. The smallest absolute Gasteiger partial charge is 0.462 e. The van der Waals surface area contributed by atoms with E-state index in [1.807, 2.05) is 0 Å². The third-order valence-electron chi connectivity index (χ3n) is 15.5. The van der Waals surface area contributed by atoms with Gasteiger partial charge in [0.2, 0.25) is 0 Å². The standard InChI is InChI=1S/C67H130O17P2/c1-7-9-11-13-15-30-37-43-49-64(69)77-55-62(83-66(71)51-45-39-31-16-14-12-10-8-2)57-81-85(73,74)79-53-61(68)54-80-86(75,76)82-58-63(56-78-65(70)50-44-38-34-33-36-42-48-60(5)6)84-67(72)52-46-40-32-28-26-24-22-20-18-17-19-21-23-25-27-29-35-41-47-59(3)4/h59-63,68H,7-58H2,1-6H3,(H,73,74)(H,75,76)/t61-,62+,63+/m0/s1. The number of aliphatic hydroxyl groups is 1. The second kappa shape index (κ2) is 59.4. The highest BCUT2D eigenvalue weighted by molar-refractivity contribution is 7.47. The molecule has 0 bridgehead atoms. The Morgan fingerprint density at radius 3 is 0.791 bits per heavy atom. The van der Waals surface area contributed by atoms with E-state index in [1.54, 1.807) is 0 Å². The van der Waals surface area contributed by atoms with Crippen LogP contribution in [-0.2, 0) is 65.4 Å². The molecule has 0 aromatic carbocycles. The van der Waals surface area contributed by atoms with Gasteiger partial charge in [-0.2, -0.15) is 0 Å². The maximum atomic E-state index is 13.0. The van der Waals surface area contributed by atoms with Crippen LogP contribution in [0.3, 0.4) is 0 Å². The van der Waals surface area contributed by atoms with Crippen LogP contribution >= 0.6 is 15.6 Å². The number of phosphoric acid groups is 2. The lowest BCUT2D eigenvalue weighted by Crippen LogP contribution is -2.30. The van der Waals surface area contributed by atoms with E-state index in [4.69, 9.17) is 37.0 Å². The van der Waals surface area contributed by atoms with Crippen molar-refractivity contribution in [3.05, 3.63) is 0 Å². The highest BCUT2D eigenvalue weighted by atomic mass is 31.2. The van der Waals surface area contributed by atoms with Crippen molar-refractivity contribution in [2.45, 2.75) is 355 Å². The number of aliphatic hydroxyl groups excluding tert-OH is 1. The Labute approximate surface area is 524 Å². The Morgan fingerprint density at radius 2 is 0.535 bits per heavy atom. The lowest BCUT2D eigenvalue weighted by Gasteiger charge is -2.21. The summed E-state index contributed by atoms with van der Waals surface area (Å²) >= 11 is 0. The lowest BCUT2D eigenvalue weighted by atomic mass is 10.0. The number of carbonyl (C=O) groups excluding carboxylic acids is 4. The topological polar surface area (TPSA) is 237 Å². The van der Waals surface area contributed by atoms with Gasteiger partial charge < -0.3 is 33.8 Å². The first-order chi connectivity index (χ1) is 41.4. The predicted octanol–water partition coefficient (Wildman–Crippen LogP) is 18.8. The molecule has 86 heavy (non-hydrogen) atoms. The van der Waals surface area contributed by atoms with Crippen molar-refractivity contribution in [1.82, 2.24) is 0 Å². The van der Waals surface area contributed by atoms with E-state index < -0.39 is 97.5 Å². The third kappa shape index (κ3) is 60.9. The highest BCUT2D eigenvalue weighted by Crippen LogP contribution is 2.45. The molecule has 0 fully saturated rings. The quantitative estimate of drug-likeness (QED) is 0.0222. The van der Waals surface area contributed by atoms with Crippen molar-refractivity contribution in [3.8, 4) is 0 Å². The van der Waals surface area contributed by atoms with Gasteiger partial charge in [-0.3, -0.25) is 37.3 Å². The molecular weight excluding hydrogens is 1140 g/mol. The maximum absolute atomic E-state index is 13.0. The highest BCUT2D eigenvalue weighted by Gasteiger charge is 2.30. The first-order valence-corrected chi connectivity index (χ1v) is 38.0. The lowest BCUT2D eigenvalue weighted by molar-refractivity contribution is -0.161. The molecule has 19 heteroatoms. The van der Waals surface area contributed by atoms with Gasteiger partial charge in [-0.1, -0.05) is 286 Å². The van der Waals surface area contributed by atoms with Crippen LogP contribution in [0, 0.1) is 11.8 Å². The number of ether oxygens (including phenoxy) is 4. The normalized spacial score (nSPS) is 14.2. The second-order valence-electron chi connectivity index (χ2n) is 25.2. The molecule has 2 unspecified atom stereocenters. The van der Waals surface area contributed by atoms with Crippen LogP contribution in [0.25, 0.3) is 0 Å². The minimum atomic E-state index is -4.95. The molecule has 0 amide bonds. The van der Waals surface area contributed by atoms with E-state index in [-0.39, 0.29) is 25.7 Å². The van der Waals surface area contributed by atoms with E-state index in [9.17, 15) is 43.2 Å². The summed E-state index contributed by atoms with van der Waals surface area (Å²) in [7, 11) is -9.88. The van der Waals surface area contributed by atoms with Crippen LogP contribution in [0.1, 0.15) is 337 Å². The van der Waals surface area contributed by atoms with E-state index in [0.29, 0.717) is 31.6 Å². The molecule has 0 saturated carbocycles. The first-order valence-electron chi connectivity index (χ1n) is 35.0. The van der Waals surface area contributed by atoms with Crippen molar-refractivity contribution in [2.75, 3.05) is 39.6 Å². The summed E-state index contributed by atoms with van der Waals surface area (Å²) in [5.74, 6) is -0.638. The Morgan fingerprint density at radius 1 is 0.314 bits per heavy atom. The Balaban J connectivity index is 5.09. The van der Waals surface area contributed by atoms with E-state index >= 15 is 0 Å². The van der Waals surface area contributed by atoms with Crippen molar-refractivity contribution in [2.24, 2.45) is 11.8 Å². The minimum Gasteiger partial charge on any atom is -0.462 e. The molecule has 0 aromatic rings. The monoisotopic (exact) mass is 1270 g/mol. The number of carbonyl (C=O) groups is 4. The van der Waals surface area contributed by atoms with E-state index in [1.165, 1.54) is 135 Å². The average Bonchev–Trinajstić information content (AvgIpc) is 3.69. The molecule has 17 nitrogen and oxygen atoms in total. The number of phosphoric ester groups is 2. The summed E-state index contributed by atoms with van der Waals surface area (Å²) in [6.07, 6.45) is 43.5. The van der Waals surface area contributed by atoms with Gasteiger partial charge in [-0.25, -0.2) is 9.13 Å². The van der Waals surface area contributed by atoms with E-state index in [0.717, 1.165) is 115 Å². The van der Waals surface area contributed by atoms with Crippen LogP contribution < -0.4 is 0 Å². The number of unbranched alkanes of at least 4 members (excludes halogenated alkanes) is 36. The van der Waals surface area contributed by atoms with Crippen LogP contribution in [0.4, 0.5) is 0 Å². The van der Waals surface area contributed by atoms with Gasteiger partial charge >= 0.3 is 39.5 Å². The summed E-state index contributed by atoms with van der Waals surface area (Å²) in [4.78, 5) is 72.1. The molecule has 5 atom stereocenters. The van der Waals surface area contributed by atoms with Crippen molar-refractivity contribution in [1.29, 1.82) is 0 Å². The summed E-state index contributed by atoms with van der Waals surface area (Å²) < 4.78 is 67.9. The van der Waals surface area contributed by atoms with Crippen LogP contribution in [0.15, 0.2) is 0 Å². The largest absolute Gasteiger partial charge is 0.472 e. The average molecular weight is 1270 g/mol. The molecule has 0 aromatic heterocycles. The zero-order valence-corrected chi connectivity index (χ0v) is 57.4. The molecule has 510 valence electrons. The summed E-state index contributed by atoms with van der Waals surface area (Å²) in [5.41, 5.74) is 0. The second-order valence-corrected chi connectivity index (χ2v) is 28.1. The van der Waals surface area contributed by atoms with Crippen molar-refractivity contribution >= 4 is 39.5 Å². The fourth-order valence-electron chi connectivity index (χ4n) is 10.1. The van der Waals surface area contributed by atoms with Gasteiger partial charge in [0.25, 0.3) is 0 Å². The fourth-order valence-corrected chi connectivity index (χ4v) is 11.6. The first kappa shape index (κ1) is 84.1. The van der Waals surface area contributed by atoms with Gasteiger partial charge in [0, 0.05) is 25.7 Å². The van der Waals surface area contributed by atoms with Crippen LogP contribution in [0.2, 0.25) is 0 Å². The minimum absolute atomic E-state index is 0.104. The molecule has 3 N–H and O–H groups in total. The third-order valence-corrected chi connectivity index (χ3v) is 17.4. The van der Waals surface area contributed by atoms with E-state index in [2.05, 4.69) is 41.5 Å². The maximum Gasteiger partial charge on any atom is 0.472 e. The van der Waals surface area contributed by atoms with Gasteiger partial charge in [0.1, 0.15) is 19.3 Å². The van der Waals surface area contributed by atoms with Crippen molar-refractivity contribution in [3.63, 3.8) is 0 Å². The Bertz CT molecular complexity index is 1680. The molecule has 0 aliphatic heterocycles. The van der Waals surface area contributed by atoms with Gasteiger partial charge in [-0.05, 0) is 37.5 Å². The zero-order chi connectivity index (χ0) is 63.6. The van der Waals surface area contributed by atoms with Crippen molar-refractivity contribution < 1.29 is 80.2 Å². The van der Waals surface area contributed by atoms with Crippen LogP contribution in [-0.4, -0.2) is 96.7 Å². The SMILES string of the molecule is CCCCCCCCCCC(=O)OC[C@H](COP(=O)(O)OC[C@H](O)COP(=O)(O)OC[C@@H](COC(=O)CCCCCCCCC(C)C)OC(=O)CCCCCCCCCCCCCCCCCCCCC(C)C)OC(=O)CCCCCCCCCC. The Kier molecular flexibility index (Phi) is 58.0. The van der Waals surface area contributed by atoms with Crippen LogP contribution in [0.5, 0.6) is 0 Å². The number of hydrogen-bond donors (Lipinski definition) is 3. The summed E-state index contributed by atoms with van der Waals surface area (Å²) in [6, 6.07) is 0. The molecule has 0 saturated heterocycles. The molecular formula is C67H130O17P2. The number of rotatable bonds is 66.